The summed E-state index contributed by atoms with van der Waals surface area (Å²) in [5.41, 5.74) is 2.43. The van der Waals surface area contributed by atoms with Crippen molar-refractivity contribution >= 4 is 11.9 Å². The molecule has 5 nitrogen and oxygen atoms in total. The zero-order chi connectivity index (χ0) is 14.9. The van der Waals surface area contributed by atoms with Gasteiger partial charge in [-0.25, -0.2) is 14.8 Å². The first-order chi connectivity index (χ1) is 10.1. The molecule has 1 aromatic heterocycles. The van der Waals surface area contributed by atoms with E-state index in [4.69, 9.17) is 5.11 Å². The molecule has 0 aliphatic heterocycles. The minimum Gasteiger partial charge on any atom is -0.478 e. The summed E-state index contributed by atoms with van der Waals surface area (Å²) in [5, 5.41) is 12.3. The Bertz CT molecular complexity index is 663. The fraction of sp³-hybridized carbons (Fsp3) is 0.312. The van der Waals surface area contributed by atoms with E-state index in [0.29, 0.717) is 5.95 Å². The minimum absolute atomic E-state index is 0.0961. The van der Waals surface area contributed by atoms with Crippen LogP contribution in [0.2, 0.25) is 0 Å². The Labute approximate surface area is 123 Å². The number of nitrogens with zero attached hydrogens (tertiary/aromatic N) is 2. The highest BCUT2D eigenvalue weighted by atomic mass is 16.4. The molecule has 2 N–H and O–H groups in total. The number of carboxylic acids is 1. The summed E-state index contributed by atoms with van der Waals surface area (Å²) < 4.78 is 0. The molecule has 0 bridgehead atoms. The van der Waals surface area contributed by atoms with Crippen LogP contribution in [0.25, 0.3) is 0 Å². The van der Waals surface area contributed by atoms with Gasteiger partial charge in [-0.15, -0.1) is 0 Å². The quantitative estimate of drug-likeness (QED) is 0.902. The molecule has 1 aromatic carbocycles. The number of hydrogen-bond acceptors (Lipinski definition) is 4. The van der Waals surface area contributed by atoms with Crippen LogP contribution in [0.5, 0.6) is 0 Å². The minimum atomic E-state index is -1.02. The third kappa shape index (κ3) is 2.59. The third-order valence-corrected chi connectivity index (χ3v) is 4.03. The highest BCUT2D eigenvalue weighted by molar-refractivity contribution is 5.86. The van der Waals surface area contributed by atoms with E-state index in [0.717, 1.165) is 19.3 Å². The predicted molar refractivity (Wildman–Crippen MR) is 79.3 cm³/mol. The van der Waals surface area contributed by atoms with Crippen LogP contribution in [-0.2, 0) is 5.54 Å². The van der Waals surface area contributed by atoms with Gasteiger partial charge in [0, 0.05) is 12.4 Å². The van der Waals surface area contributed by atoms with Gasteiger partial charge in [0.05, 0.1) is 11.1 Å². The fourth-order valence-electron chi connectivity index (χ4n) is 2.68. The highest BCUT2D eigenvalue weighted by Gasteiger charge is 2.39. The van der Waals surface area contributed by atoms with Crippen LogP contribution in [0, 0.1) is 6.92 Å². The van der Waals surface area contributed by atoms with Gasteiger partial charge < -0.3 is 10.4 Å². The number of rotatable bonds is 4. The van der Waals surface area contributed by atoms with Gasteiger partial charge in [-0.05, 0) is 31.7 Å². The largest absolute Gasteiger partial charge is 0.478 e. The Morgan fingerprint density at radius 2 is 2.00 bits per heavy atom. The number of hydrogen-bond donors (Lipinski definition) is 2. The average Bonchev–Trinajstić information content (AvgIpc) is 2.43. The number of aromatic nitrogens is 2. The summed E-state index contributed by atoms with van der Waals surface area (Å²) in [5.74, 6) is -0.542. The molecule has 0 spiro atoms. The molecule has 108 valence electrons. The summed E-state index contributed by atoms with van der Waals surface area (Å²) in [4.78, 5) is 19.0. The van der Waals surface area contributed by atoms with Gasteiger partial charge in [0.15, 0.2) is 0 Å². The van der Waals surface area contributed by atoms with E-state index in [2.05, 4.69) is 46.5 Å². The maximum atomic E-state index is 10.8. The third-order valence-electron chi connectivity index (χ3n) is 4.03. The zero-order valence-corrected chi connectivity index (χ0v) is 11.8. The molecular formula is C16H17N3O2. The van der Waals surface area contributed by atoms with Crippen molar-refractivity contribution in [3.8, 4) is 0 Å². The van der Waals surface area contributed by atoms with E-state index in [1.807, 2.05) is 0 Å². The molecule has 1 saturated carbocycles. The van der Waals surface area contributed by atoms with Crippen LogP contribution in [0.3, 0.4) is 0 Å². The number of aryl methyl sites for hydroxylation is 1. The van der Waals surface area contributed by atoms with E-state index in [-0.39, 0.29) is 11.1 Å². The average molecular weight is 283 g/mol. The smallest absolute Gasteiger partial charge is 0.338 e. The second kappa shape index (κ2) is 5.16. The van der Waals surface area contributed by atoms with Crippen molar-refractivity contribution in [2.75, 3.05) is 5.32 Å². The van der Waals surface area contributed by atoms with Crippen LogP contribution >= 0.6 is 0 Å². The van der Waals surface area contributed by atoms with Crippen molar-refractivity contribution in [1.82, 2.24) is 9.97 Å². The lowest BCUT2D eigenvalue weighted by atomic mass is 9.71. The van der Waals surface area contributed by atoms with Gasteiger partial charge in [-0.2, -0.15) is 0 Å². The Morgan fingerprint density at radius 1 is 1.29 bits per heavy atom. The first-order valence-corrected chi connectivity index (χ1v) is 7.00. The molecule has 0 atom stereocenters. The second-order valence-electron chi connectivity index (χ2n) is 5.53. The van der Waals surface area contributed by atoms with Crippen LogP contribution in [0.1, 0.15) is 40.7 Å². The molecule has 1 aliphatic rings. The standard InChI is InChI=1S/C16H17N3O2/c1-11-4-2-5-13(8-11)16(6-3-7-16)19-15-17-9-12(10-18-15)14(20)21/h2,4-5,8-10H,3,6-7H2,1H3,(H,20,21)(H,17,18,19). The van der Waals surface area contributed by atoms with Crippen LogP contribution < -0.4 is 5.32 Å². The molecule has 1 fully saturated rings. The van der Waals surface area contributed by atoms with Crippen molar-refractivity contribution < 1.29 is 9.90 Å². The molecule has 5 heteroatoms. The van der Waals surface area contributed by atoms with Crippen molar-refractivity contribution in [3.63, 3.8) is 0 Å². The van der Waals surface area contributed by atoms with Gasteiger partial charge in [0.2, 0.25) is 5.95 Å². The van der Waals surface area contributed by atoms with Gasteiger partial charge in [0.25, 0.3) is 0 Å². The summed E-state index contributed by atoms with van der Waals surface area (Å²) in [6, 6.07) is 8.43. The summed E-state index contributed by atoms with van der Waals surface area (Å²) in [6.07, 6.45) is 5.88. The van der Waals surface area contributed by atoms with Crippen LogP contribution in [-0.4, -0.2) is 21.0 Å². The molecule has 21 heavy (non-hydrogen) atoms. The Balaban J connectivity index is 1.85. The van der Waals surface area contributed by atoms with E-state index in [1.165, 1.54) is 23.5 Å². The fourth-order valence-corrected chi connectivity index (χ4v) is 2.68. The van der Waals surface area contributed by atoms with Gasteiger partial charge in [-0.1, -0.05) is 29.8 Å². The lowest BCUT2D eigenvalue weighted by Crippen LogP contribution is -2.42. The van der Waals surface area contributed by atoms with E-state index in [9.17, 15) is 4.79 Å². The number of anilines is 1. The van der Waals surface area contributed by atoms with Crippen LogP contribution in [0.15, 0.2) is 36.7 Å². The van der Waals surface area contributed by atoms with Gasteiger partial charge >= 0.3 is 5.97 Å². The number of benzene rings is 1. The zero-order valence-electron chi connectivity index (χ0n) is 11.8. The number of carboxylic acid groups (broad SMARTS) is 1. The van der Waals surface area contributed by atoms with E-state index < -0.39 is 5.97 Å². The maximum absolute atomic E-state index is 10.8. The first kappa shape index (κ1) is 13.5. The van der Waals surface area contributed by atoms with E-state index in [1.54, 1.807) is 0 Å². The van der Waals surface area contributed by atoms with Crippen molar-refractivity contribution in [1.29, 1.82) is 0 Å². The molecule has 0 radical (unpaired) electrons. The van der Waals surface area contributed by atoms with Gasteiger partial charge in [-0.3, -0.25) is 0 Å². The van der Waals surface area contributed by atoms with Crippen molar-refractivity contribution in [2.24, 2.45) is 0 Å². The molecule has 1 aliphatic carbocycles. The van der Waals surface area contributed by atoms with Crippen molar-refractivity contribution in [3.05, 3.63) is 53.3 Å². The summed E-state index contributed by atoms with van der Waals surface area (Å²) >= 11 is 0. The Hall–Kier alpha value is -2.43. The normalized spacial score (nSPS) is 16.0. The van der Waals surface area contributed by atoms with E-state index >= 15 is 0 Å². The molecular weight excluding hydrogens is 266 g/mol. The van der Waals surface area contributed by atoms with Gasteiger partial charge in [0.1, 0.15) is 0 Å². The topological polar surface area (TPSA) is 75.1 Å². The molecule has 2 aromatic rings. The monoisotopic (exact) mass is 283 g/mol. The molecule has 3 rings (SSSR count). The number of aromatic carboxylic acids is 1. The van der Waals surface area contributed by atoms with Crippen molar-refractivity contribution in [2.45, 2.75) is 31.7 Å². The SMILES string of the molecule is Cc1cccc(C2(Nc3ncc(C(=O)O)cn3)CCC2)c1. The Kier molecular flexibility index (Phi) is 3.33. The van der Waals surface area contributed by atoms with Crippen LogP contribution in [0.4, 0.5) is 5.95 Å². The lowest BCUT2D eigenvalue weighted by molar-refractivity contribution is 0.0696. The Morgan fingerprint density at radius 3 is 2.52 bits per heavy atom. The maximum Gasteiger partial charge on any atom is 0.338 e. The summed E-state index contributed by atoms with van der Waals surface area (Å²) in [7, 11) is 0. The molecule has 1 heterocycles. The lowest BCUT2D eigenvalue weighted by Gasteiger charge is -2.43. The highest BCUT2D eigenvalue weighted by Crippen LogP contribution is 2.43. The first-order valence-electron chi connectivity index (χ1n) is 7.00. The number of nitrogens with one attached hydrogen (secondary N) is 1. The predicted octanol–water partition coefficient (Wildman–Crippen LogP) is 2.97. The molecule has 0 saturated heterocycles. The second-order valence-corrected chi connectivity index (χ2v) is 5.53. The number of carbonyl (C=O) groups is 1. The summed E-state index contributed by atoms with van der Waals surface area (Å²) in [6.45, 7) is 2.08. The molecule has 0 amide bonds. The molecule has 0 unspecified atom stereocenters.